The second-order valence-corrected chi connectivity index (χ2v) is 7.60. The quantitative estimate of drug-likeness (QED) is 0.684. The molecule has 3 aromatic heterocycles. The summed E-state index contributed by atoms with van der Waals surface area (Å²) in [6.45, 7) is 2.26. The molecule has 1 saturated heterocycles. The molecule has 7 heteroatoms. The predicted molar refractivity (Wildman–Crippen MR) is 110 cm³/mol. The largest absolute Gasteiger partial charge is 0.381 e. The standard InChI is InChI=1S/C21H22N4O2S/c26-20(19-4-1-11-25(19)13-16-7-9-22-10-8-16)24-21-23-18(15-28-21)6-5-17-3-2-12-27-14-17/h1,4-11,15,17H,2-3,12-14H2,(H,23,24,26). The van der Waals surface area contributed by atoms with E-state index in [-0.39, 0.29) is 5.91 Å². The van der Waals surface area contributed by atoms with Gasteiger partial charge in [-0.25, -0.2) is 4.98 Å². The van der Waals surface area contributed by atoms with Crippen molar-refractivity contribution in [1.82, 2.24) is 14.5 Å². The van der Waals surface area contributed by atoms with Gasteiger partial charge in [-0.05, 0) is 48.7 Å². The number of rotatable bonds is 6. The zero-order valence-corrected chi connectivity index (χ0v) is 16.3. The van der Waals surface area contributed by atoms with Crippen molar-refractivity contribution in [3.63, 3.8) is 0 Å². The van der Waals surface area contributed by atoms with E-state index in [0.29, 0.717) is 23.3 Å². The van der Waals surface area contributed by atoms with Crippen molar-refractivity contribution < 1.29 is 9.53 Å². The number of hydrogen-bond donors (Lipinski definition) is 1. The van der Waals surface area contributed by atoms with Gasteiger partial charge >= 0.3 is 0 Å². The molecule has 0 radical (unpaired) electrons. The number of amides is 1. The maximum absolute atomic E-state index is 12.7. The van der Waals surface area contributed by atoms with E-state index < -0.39 is 0 Å². The normalized spacial score (nSPS) is 17.1. The highest BCUT2D eigenvalue weighted by atomic mass is 32.1. The number of thiazole rings is 1. The van der Waals surface area contributed by atoms with Crippen molar-refractivity contribution in [1.29, 1.82) is 0 Å². The van der Waals surface area contributed by atoms with Crippen LogP contribution in [0.25, 0.3) is 6.08 Å². The van der Waals surface area contributed by atoms with Crippen LogP contribution in [-0.4, -0.2) is 33.7 Å². The van der Waals surface area contributed by atoms with E-state index in [2.05, 4.69) is 21.4 Å². The summed E-state index contributed by atoms with van der Waals surface area (Å²) in [5.74, 6) is 0.287. The Balaban J connectivity index is 1.39. The molecule has 28 heavy (non-hydrogen) atoms. The Morgan fingerprint density at radius 3 is 3.07 bits per heavy atom. The third kappa shape index (κ3) is 4.74. The number of hydrogen-bond acceptors (Lipinski definition) is 5. The van der Waals surface area contributed by atoms with E-state index in [1.165, 1.54) is 11.3 Å². The molecule has 6 nitrogen and oxygen atoms in total. The maximum atomic E-state index is 12.7. The van der Waals surface area contributed by atoms with Crippen molar-refractivity contribution in [2.75, 3.05) is 18.5 Å². The number of pyridine rings is 1. The third-order valence-corrected chi connectivity index (χ3v) is 5.42. The summed E-state index contributed by atoms with van der Waals surface area (Å²) in [5, 5.41) is 5.45. The summed E-state index contributed by atoms with van der Waals surface area (Å²) in [6.07, 6.45) is 11.8. The SMILES string of the molecule is O=C(Nc1nc(C=CC2CCCOC2)cs1)c1cccn1Cc1ccncc1. The average Bonchev–Trinajstić information content (AvgIpc) is 3.37. The Hall–Kier alpha value is -2.77. The van der Waals surface area contributed by atoms with Gasteiger partial charge in [-0.2, -0.15) is 0 Å². The van der Waals surface area contributed by atoms with Crippen LogP contribution in [0.3, 0.4) is 0 Å². The molecule has 1 atom stereocenters. The van der Waals surface area contributed by atoms with Gasteiger partial charge in [0.1, 0.15) is 5.69 Å². The molecule has 1 unspecified atom stereocenters. The van der Waals surface area contributed by atoms with Gasteiger partial charge in [0, 0.05) is 43.0 Å². The van der Waals surface area contributed by atoms with Crippen molar-refractivity contribution in [3.05, 3.63) is 71.3 Å². The molecule has 0 saturated carbocycles. The van der Waals surface area contributed by atoms with Gasteiger partial charge in [-0.1, -0.05) is 6.08 Å². The van der Waals surface area contributed by atoms with Gasteiger partial charge in [0.2, 0.25) is 0 Å². The number of ether oxygens (including phenoxy) is 1. The van der Waals surface area contributed by atoms with Crippen molar-refractivity contribution in [3.8, 4) is 0 Å². The Morgan fingerprint density at radius 1 is 1.36 bits per heavy atom. The molecule has 4 heterocycles. The zero-order valence-electron chi connectivity index (χ0n) is 15.5. The molecular formula is C21H22N4O2S. The van der Waals surface area contributed by atoms with Crippen molar-refractivity contribution in [2.24, 2.45) is 5.92 Å². The third-order valence-electron chi connectivity index (χ3n) is 4.64. The van der Waals surface area contributed by atoms with E-state index in [0.717, 1.165) is 37.3 Å². The van der Waals surface area contributed by atoms with Gasteiger partial charge in [-0.3, -0.25) is 15.1 Å². The first-order chi connectivity index (χ1) is 13.8. The summed E-state index contributed by atoms with van der Waals surface area (Å²) in [7, 11) is 0. The van der Waals surface area contributed by atoms with Gasteiger partial charge in [0.25, 0.3) is 5.91 Å². The van der Waals surface area contributed by atoms with Crippen LogP contribution in [0.15, 0.2) is 54.3 Å². The van der Waals surface area contributed by atoms with E-state index in [4.69, 9.17) is 4.74 Å². The minimum atomic E-state index is -0.162. The highest BCUT2D eigenvalue weighted by Crippen LogP contribution is 2.20. The molecule has 3 aromatic rings. The number of carbonyl (C=O) groups excluding carboxylic acids is 1. The van der Waals surface area contributed by atoms with Crippen molar-refractivity contribution >= 4 is 28.5 Å². The molecule has 1 fully saturated rings. The minimum absolute atomic E-state index is 0.162. The summed E-state index contributed by atoms with van der Waals surface area (Å²) < 4.78 is 7.41. The summed E-state index contributed by atoms with van der Waals surface area (Å²) >= 11 is 1.43. The Labute approximate surface area is 167 Å². The molecule has 0 aromatic carbocycles. The maximum Gasteiger partial charge on any atom is 0.274 e. The van der Waals surface area contributed by atoms with Crippen LogP contribution in [0.4, 0.5) is 5.13 Å². The number of anilines is 1. The van der Waals surface area contributed by atoms with Gasteiger partial charge in [0.15, 0.2) is 5.13 Å². The van der Waals surface area contributed by atoms with Gasteiger partial charge in [0.05, 0.1) is 12.3 Å². The van der Waals surface area contributed by atoms with Crippen LogP contribution in [0, 0.1) is 5.92 Å². The molecule has 1 amide bonds. The number of carbonyl (C=O) groups is 1. The zero-order chi connectivity index (χ0) is 19.2. The Kier molecular flexibility index (Phi) is 5.94. The van der Waals surface area contributed by atoms with Crippen LogP contribution in [0.2, 0.25) is 0 Å². The first kappa shape index (κ1) is 18.6. The fourth-order valence-corrected chi connectivity index (χ4v) is 3.85. The van der Waals surface area contributed by atoms with Crippen LogP contribution in [-0.2, 0) is 11.3 Å². The van der Waals surface area contributed by atoms with Gasteiger partial charge < -0.3 is 9.30 Å². The molecule has 1 aliphatic rings. The van der Waals surface area contributed by atoms with Crippen LogP contribution in [0.5, 0.6) is 0 Å². The second-order valence-electron chi connectivity index (χ2n) is 6.74. The Morgan fingerprint density at radius 2 is 2.25 bits per heavy atom. The molecule has 1 N–H and O–H groups in total. The molecule has 0 bridgehead atoms. The lowest BCUT2D eigenvalue weighted by Crippen LogP contribution is -2.17. The smallest absolute Gasteiger partial charge is 0.274 e. The van der Waals surface area contributed by atoms with Crippen LogP contribution < -0.4 is 5.32 Å². The minimum Gasteiger partial charge on any atom is -0.381 e. The van der Waals surface area contributed by atoms with Gasteiger partial charge in [-0.15, -0.1) is 11.3 Å². The van der Waals surface area contributed by atoms with E-state index >= 15 is 0 Å². The summed E-state index contributed by atoms with van der Waals surface area (Å²) in [6, 6.07) is 7.57. The number of aromatic nitrogens is 3. The van der Waals surface area contributed by atoms with Crippen molar-refractivity contribution in [2.45, 2.75) is 19.4 Å². The topological polar surface area (TPSA) is 69.0 Å². The molecular weight excluding hydrogens is 372 g/mol. The predicted octanol–water partition coefficient (Wildman–Crippen LogP) is 4.08. The highest BCUT2D eigenvalue weighted by Gasteiger charge is 2.14. The van der Waals surface area contributed by atoms with E-state index in [1.54, 1.807) is 12.4 Å². The molecule has 0 spiro atoms. The molecule has 1 aliphatic heterocycles. The first-order valence-electron chi connectivity index (χ1n) is 9.35. The summed E-state index contributed by atoms with van der Waals surface area (Å²) in [5.41, 5.74) is 2.55. The summed E-state index contributed by atoms with van der Waals surface area (Å²) in [4.78, 5) is 21.2. The number of nitrogens with zero attached hydrogens (tertiary/aromatic N) is 3. The Bertz CT molecular complexity index is 942. The monoisotopic (exact) mass is 394 g/mol. The fourth-order valence-electron chi connectivity index (χ4n) is 3.18. The molecule has 4 rings (SSSR count). The fraction of sp³-hybridized carbons (Fsp3) is 0.286. The number of nitrogens with one attached hydrogen (secondary N) is 1. The lowest BCUT2D eigenvalue weighted by Gasteiger charge is -2.18. The average molecular weight is 395 g/mol. The molecule has 0 aliphatic carbocycles. The lowest BCUT2D eigenvalue weighted by molar-refractivity contribution is 0.0713. The molecule has 144 valence electrons. The van der Waals surface area contributed by atoms with Crippen LogP contribution >= 0.6 is 11.3 Å². The van der Waals surface area contributed by atoms with E-state index in [9.17, 15) is 4.79 Å². The first-order valence-corrected chi connectivity index (χ1v) is 10.2. The van der Waals surface area contributed by atoms with Crippen LogP contribution in [0.1, 0.15) is 34.6 Å². The van der Waals surface area contributed by atoms with E-state index in [1.807, 2.05) is 46.5 Å². The second kappa shape index (κ2) is 8.95. The highest BCUT2D eigenvalue weighted by molar-refractivity contribution is 7.14. The lowest BCUT2D eigenvalue weighted by atomic mass is 10.0.